The van der Waals surface area contributed by atoms with Crippen molar-refractivity contribution in [2.45, 2.75) is 39.3 Å². The number of aromatic nitrogens is 1. The van der Waals surface area contributed by atoms with Crippen molar-refractivity contribution >= 4 is 11.9 Å². The van der Waals surface area contributed by atoms with Gasteiger partial charge >= 0.3 is 5.97 Å². The van der Waals surface area contributed by atoms with Crippen LogP contribution in [0.15, 0.2) is 6.07 Å². The van der Waals surface area contributed by atoms with Crippen LogP contribution in [0.2, 0.25) is 0 Å². The first-order chi connectivity index (χ1) is 9.41. The molecule has 1 aromatic heterocycles. The summed E-state index contributed by atoms with van der Waals surface area (Å²) in [7, 11) is 0. The molecule has 0 aliphatic carbocycles. The van der Waals surface area contributed by atoms with Crippen LogP contribution in [0.5, 0.6) is 0 Å². The molecular weight excluding hydrogens is 260 g/mol. The molecule has 20 heavy (non-hydrogen) atoms. The zero-order chi connectivity index (χ0) is 14.9. The van der Waals surface area contributed by atoms with Crippen LogP contribution in [0.3, 0.4) is 0 Å². The Balaban J connectivity index is 2.26. The smallest absolute Gasteiger partial charge is 0.331 e. The molecule has 6 nitrogen and oxygen atoms in total. The van der Waals surface area contributed by atoms with Crippen LogP contribution in [0.25, 0.3) is 0 Å². The highest BCUT2D eigenvalue weighted by atomic mass is 16.5. The molecule has 0 spiro atoms. The average Bonchev–Trinajstić information content (AvgIpc) is 2.95. The van der Waals surface area contributed by atoms with E-state index in [9.17, 15) is 14.7 Å². The Morgan fingerprint density at radius 2 is 2.20 bits per heavy atom. The standard InChI is InChI=1S/C14H20N2O4/c1-4-16-9(2)7-11(10(16)3)12(17)15-14(13(18)19)5-6-20-8-14/h7H,4-6,8H2,1-3H3,(H,15,17)(H,18,19). The lowest BCUT2D eigenvalue weighted by Gasteiger charge is -2.23. The fourth-order valence-electron chi connectivity index (χ4n) is 2.69. The van der Waals surface area contributed by atoms with Crippen molar-refractivity contribution in [3.05, 3.63) is 23.0 Å². The van der Waals surface area contributed by atoms with Crippen molar-refractivity contribution in [2.24, 2.45) is 0 Å². The summed E-state index contributed by atoms with van der Waals surface area (Å²) in [6.45, 7) is 6.94. The highest BCUT2D eigenvalue weighted by Gasteiger charge is 2.44. The molecule has 1 saturated heterocycles. The van der Waals surface area contributed by atoms with Crippen LogP contribution in [-0.4, -0.2) is 40.3 Å². The Morgan fingerprint density at radius 3 is 2.65 bits per heavy atom. The Hall–Kier alpha value is -1.82. The molecule has 0 aromatic carbocycles. The summed E-state index contributed by atoms with van der Waals surface area (Å²) in [4.78, 5) is 23.8. The van der Waals surface area contributed by atoms with E-state index < -0.39 is 11.5 Å². The number of hydrogen-bond acceptors (Lipinski definition) is 3. The van der Waals surface area contributed by atoms with Crippen molar-refractivity contribution in [3.63, 3.8) is 0 Å². The van der Waals surface area contributed by atoms with Gasteiger partial charge in [-0.2, -0.15) is 0 Å². The molecule has 1 fully saturated rings. The number of carboxylic acid groups (broad SMARTS) is 1. The van der Waals surface area contributed by atoms with Crippen molar-refractivity contribution in [3.8, 4) is 0 Å². The van der Waals surface area contributed by atoms with Gasteiger partial charge in [0.2, 0.25) is 0 Å². The molecule has 6 heteroatoms. The van der Waals surface area contributed by atoms with Gasteiger partial charge in [-0.05, 0) is 26.8 Å². The van der Waals surface area contributed by atoms with Gasteiger partial charge in [-0.3, -0.25) is 4.79 Å². The molecule has 0 bridgehead atoms. The molecule has 2 rings (SSSR count). The Kier molecular flexibility index (Phi) is 3.85. The van der Waals surface area contributed by atoms with E-state index in [1.165, 1.54) is 0 Å². The number of ether oxygens (including phenoxy) is 1. The quantitative estimate of drug-likeness (QED) is 0.865. The number of rotatable bonds is 4. The highest BCUT2D eigenvalue weighted by Crippen LogP contribution is 2.21. The van der Waals surface area contributed by atoms with Crippen LogP contribution < -0.4 is 5.32 Å². The predicted molar refractivity (Wildman–Crippen MR) is 72.8 cm³/mol. The summed E-state index contributed by atoms with van der Waals surface area (Å²) < 4.78 is 7.16. The number of carboxylic acids is 1. The average molecular weight is 280 g/mol. The molecule has 2 heterocycles. The third-order valence-corrected chi connectivity index (χ3v) is 3.92. The lowest BCUT2D eigenvalue weighted by atomic mass is 9.98. The second-order valence-electron chi connectivity index (χ2n) is 5.17. The van der Waals surface area contributed by atoms with E-state index in [4.69, 9.17) is 4.74 Å². The van der Waals surface area contributed by atoms with Crippen LogP contribution in [0, 0.1) is 13.8 Å². The number of hydrogen-bond donors (Lipinski definition) is 2. The van der Waals surface area contributed by atoms with E-state index in [0.29, 0.717) is 18.6 Å². The molecule has 0 radical (unpaired) electrons. The molecule has 1 amide bonds. The van der Waals surface area contributed by atoms with Crippen molar-refractivity contribution < 1.29 is 19.4 Å². The minimum atomic E-state index is -1.30. The van der Waals surface area contributed by atoms with Crippen LogP contribution >= 0.6 is 0 Å². The number of aliphatic carboxylic acids is 1. The molecule has 1 unspecified atom stereocenters. The normalized spacial score (nSPS) is 21.9. The van der Waals surface area contributed by atoms with E-state index >= 15 is 0 Å². The second kappa shape index (κ2) is 5.28. The number of carbonyl (C=O) groups excluding carboxylic acids is 1. The minimum Gasteiger partial charge on any atom is -0.479 e. The van der Waals surface area contributed by atoms with Gasteiger partial charge < -0.3 is 19.7 Å². The first-order valence-corrected chi connectivity index (χ1v) is 6.71. The van der Waals surface area contributed by atoms with E-state index in [1.807, 2.05) is 25.3 Å². The SMILES string of the molecule is CCn1c(C)cc(C(=O)NC2(C(=O)O)CCOC2)c1C. The largest absolute Gasteiger partial charge is 0.479 e. The van der Waals surface area contributed by atoms with Crippen molar-refractivity contribution in [1.29, 1.82) is 0 Å². The van der Waals surface area contributed by atoms with Gasteiger partial charge in [0.1, 0.15) is 0 Å². The highest BCUT2D eigenvalue weighted by molar-refractivity contribution is 5.99. The number of nitrogens with one attached hydrogen (secondary N) is 1. The van der Waals surface area contributed by atoms with Crippen molar-refractivity contribution in [2.75, 3.05) is 13.2 Å². The van der Waals surface area contributed by atoms with Gasteiger partial charge in [0.25, 0.3) is 5.91 Å². The summed E-state index contributed by atoms with van der Waals surface area (Å²) in [6.07, 6.45) is 0.292. The first-order valence-electron chi connectivity index (χ1n) is 6.71. The van der Waals surface area contributed by atoms with Crippen LogP contribution in [0.1, 0.15) is 35.1 Å². The molecule has 1 aliphatic heterocycles. The first kappa shape index (κ1) is 14.6. The molecule has 110 valence electrons. The Labute approximate surface area is 117 Å². The summed E-state index contributed by atoms with van der Waals surface area (Å²) in [5.41, 5.74) is 1.06. The van der Waals surface area contributed by atoms with Crippen LogP contribution in [-0.2, 0) is 16.1 Å². The van der Waals surface area contributed by atoms with E-state index in [1.54, 1.807) is 6.07 Å². The van der Waals surface area contributed by atoms with Gasteiger partial charge in [-0.25, -0.2) is 4.79 Å². The second-order valence-corrected chi connectivity index (χ2v) is 5.17. The van der Waals surface area contributed by atoms with Gasteiger partial charge in [-0.1, -0.05) is 0 Å². The van der Waals surface area contributed by atoms with E-state index in [-0.39, 0.29) is 12.5 Å². The lowest BCUT2D eigenvalue weighted by Crippen LogP contribution is -2.55. The molecular formula is C14H20N2O4. The lowest BCUT2D eigenvalue weighted by molar-refractivity contribution is -0.144. The Morgan fingerprint density at radius 1 is 1.50 bits per heavy atom. The molecule has 1 atom stereocenters. The Bertz CT molecular complexity index is 542. The maximum Gasteiger partial charge on any atom is 0.331 e. The van der Waals surface area contributed by atoms with Gasteiger partial charge in [0, 0.05) is 31.0 Å². The molecule has 0 saturated carbocycles. The fraction of sp³-hybridized carbons (Fsp3) is 0.571. The van der Waals surface area contributed by atoms with Gasteiger partial charge in [0.15, 0.2) is 5.54 Å². The zero-order valence-electron chi connectivity index (χ0n) is 12.0. The number of nitrogens with zero attached hydrogens (tertiary/aromatic N) is 1. The number of aryl methyl sites for hydroxylation is 1. The third kappa shape index (κ3) is 2.31. The number of carbonyl (C=O) groups is 2. The third-order valence-electron chi connectivity index (χ3n) is 3.92. The van der Waals surface area contributed by atoms with E-state index in [0.717, 1.165) is 17.9 Å². The fourth-order valence-corrected chi connectivity index (χ4v) is 2.69. The predicted octanol–water partition coefficient (Wildman–Crippen LogP) is 1.10. The summed E-state index contributed by atoms with van der Waals surface area (Å²) in [6, 6.07) is 1.79. The van der Waals surface area contributed by atoms with E-state index in [2.05, 4.69) is 5.32 Å². The molecule has 2 N–H and O–H groups in total. The van der Waals surface area contributed by atoms with Crippen molar-refractivity contribution in [1.82, 2.24) is 9.88 Å². The topological polar surface area (TPSA) is 80.6 Å². The van der Waals surface area contributed by atoms with Gasteiger partial charge in [0.05, 0.1) is 12.2 Å². The zero-order valence-corrected chi connectivity index (χ0v) is 12.0. The van der Waals surface area contributed by atoms with Crippen LogP contribution in [0.4, 0.5) is 0 Å². The maximum absolute atomic E-state index is 12.4. The maximum atomic E-state index is 12.4. The molecule has 1 aromatic rings. The summed E-state index contributed by atoms with van der Waals surface area (Å²) in [5.74, 6) is -1.40. The monoisotopic (exact) mass is 280 g/mol. The van der Waals surface area contributed by atoms with Gasteiger partial charge in [-0.15, -0.1) is 0 Å². The molecule has 1 aliphatic rings. The number of amides is 1. The minimum absolute atomic E-state index is 0.0145. The summed E-state index contributed by atoms with van der Waals surface area (Å²) in [5, 5.41) is 12.0. The summed E-state index contributed by atoms with van der Waals surface area (Å²) >= 11 is 0.